The van der Waals surface area contributed by atoms with Gasteiger partial charge in [-0.2, -0.15) is 0 Å². The molecule has 0 aromatic rings. The Morgan fingerprint density at radius 3 is 2.50 bits per heavy atom. The zero-order valence-corrected chi connectivity index (χ0v) is 9.84. The topological polar surface area (TPSA) is 72.5 Å². The first-order valence-corrected chi connectivity index (χ1v) is 6.86. The largest absolute Gasteiger partial charge is 0.798 e. The fourth-order valence-corrected chi connectivity index (χ4v) is 1.97. The fourth-order valence-electron chi connectivity index (χ4n) is 1.05. The first kappa shape index (κ1) is 13.6. The molecule has 1 amide bonds. The van der Waals surface area contributed by atoms with Gasteiger partial charge in [-0.3, -0.25) is 4.79 Å². The number of carbonyl (C=O) groups is 1. The van der Waals surface area contributed by atoms with Gasteiger partial charge in [0.2, 0.25) is 5.91 Å². The molecule has 0 saturated heterocycles. The highest BCUT2D eigenvalue weighted by atomic mass is 31.2. The van der Waals surface area contributed by atoms with E-state index in [0.717, 1.165) is 6.66 Å². The van der Waals surface area contributed by atoms with E-state index in [4.69, 9.17) is 0 Å². The Kier molecular flexibility index (Phi) is 6.00. The number of rotatable bonds is 6. The van der Waals surface area contributed by atoms with E-state index < -0.39 is 7.37 Å². The van der Waals surface area contributed by atoms with Crippen molar-refractivity contribution in [3.05, 3.63) is 0 Å². The van der Waals surface area contributed by atoms with E-state index in [1.165, 1.54) is 4.90 Å². The van der Waals surface area contributed by atoms with Crippen molar-refractivity contribution in [3.63, 3.8) is 0 Å². The van der Waals surface area contributed by atoms with E-state index in [0.29, 0.717) is 19.5 Å². The van der Waals surface area contributed by atoms with Crippen molar-refractivity contribution >= 4 is 13.3 Å². The van der Waals surface area contributed by atoms with E-state index in [-0.39, 0.29) is 12.2 Å². The molecule has 0 aliphatic rings. The highest BCUT2D eigenvalue weighted by Crippen LogP contribution is 2.30. The second-order valence-electron chi connectivity index (χ2n) is 3.27. The summed E-state index contributed by atoms with van der Waals surface area (Å²) in [6.07, 6.45) is 0.172. The van der Waals surface area contributed by atoms with Crippen LogP contribution in [0.15, 0.2) is 0 Å². The summed E-state index contributed by atoms with van der Waals surface area (Å²) >= 11 is 0. The number of nitrogens with zero attached hydrogens (tertiary/aromatic N) is 1. The highest BCUT2D eigenvalue weighted by Gasteiger charge is 2.14. The number of nitrogens with one attached hydrogen (secondary N) is 1. The van der Waals surface area contributed by atoms with Crippen LogP contribution in [0.25, 0.3) is 0 Å². The van der Waals surface area contributed by atoms with Crippen molar-refractivity contribution in [2.45, 2.75) is 13.3 Å². The number of carbonyl (C=O) groups excluding carboxylic acids is 1. The van der Waals surface area contributed by atoms with Crippen LogP contribution in [0.3, 0.4) is 0 Å². The third kappa shape index (κ3) is 6.13. The average molecular weight is 221 g/mol. The minimum Gasteiger partial charge on any atom is -0.798 e. The van der Waals surface area contributed by atoms with Crippen molar-refractivity contribution in [2.75, 3.05) is 33.1 Å². The lowest BCUT2D eigenvalue weighted by Gasteiger charge is -2.28. The monoisotopic (exact) mass is 221 g/mol. The second-order valence-corrected chi connectivity index (χ2v) is 5.58. The van der Waals surface area contributed by atoms with Gasteiger partial charge in [-0.15, -0.1) is 0 Å². The Hall–Kier alpha value is -0.380. The number of hydrogen-bond acceptors (Lipinski definition) is 4. The maximum absolute atomic E-state index is 11.3. The normalized spacial score (nSPS) is 14.9. The quantitative estimate of drug-likeness (QED) is 0.623. The van der Waals surface area contributed by atoms with Crippen molar-refractivity contribution in [1.82, 2.24) is 10.2 Å². The molecule has 0 fully saturated rings. The maximum Gasteiger partial charge on any atom is 0.222 e. The molecule has 6 heteroatoms. The molecule has 0 saturated carbocycles. The van der Waals surface area contributed by atoms with Gasteiger partial charge in [-0.25, -0.2) is 0 Å². The van der Waals surface area contributed by atoms with Gasteiger partial charge >= 0.3 is 0 Å². The van der Waals surface area contributed by atoms with Gasteiger partial charge in [-0.1, -0.05) is 6.92 Å². The van der Waals surface area contributed by atoms with Crippen LogP contribution in [0.5, 0.6) is 0 Å². The maximum atomic E-state index is 11.3. The van der Waals surface area contributed by atoms with Crippen molar-refractivity contribution in [1.29, 1.82) is 0 Å². The van der Waals surface area contributed by atoms with Crippen LogP contribution in [-0.2, 0) is 9.36 Å². The molecule has 1 N–H and O–H groups in total. The molecule has 0 heterocycles. The summed E-state index contributed by atoms with van der Waals surface area (Å²) in [6.45, 7) is 3.91. The van der Waals surface area contributed by atoms with Crippen LogP contribution in [0.2, 0.25) is 0 Å². The lowest BCUT2D eigenvalue weighted by Crippen LogP contribution is -2.37. The molecule has 0 rings (SSSR count). The summed E-state index contributed by atoms with van der Waals surface area (Å²) in [7, 11) is -1.64. The fraction of sp³-hybridized carbons (Fsp3) is 0.875. The van der Waals surface area contributed by atoms with Gasteiger partial charge in [-0.05, 0) is 13.7 Å². The molecule has 84 valence electrons. The van der Waals surface area contributed by atoms with Crippen LogP contribution < -0.4 is 10.2 Å². The van der Waals surface area contributed by atoms with E-state index in [1.54, 1.807) is 14.0 Å². The Morgan fingerprint density at radius 1 is 1.57 bits per heavy atom. The molecule has 14 heavy (non-hydrogen) atoms. The SMILES string of the molecule is CCC(=O)N(CCNC)CP(C)(=O)[O-]. The number of likely N-dealkylation sites (N-methyl/N-ethyl adjacent to an activating group) is 1. The van der Waals surface area contributed by atoms with E-state index in [1.807, 2.05) is 0 Å². The van der Waals surface area contributed by atoms with Crippen LogP contribution in [0.1, 0.15) is 13.3 Å². The summed E-state index contributed by atoms with van der Waals surface area (Å²) in [6, 6.07) is 0. The molecule has 0 aromatic carbocycles. The lowest BCUT2D eigenvalue weighted by atomic mass is 10.4. The first-order chi connectivity index (χ1) is 6.40. The van der Waals surface area contributed by atoms with Crippen molar-refractivity contribution < 1.29 is 14.3 Å². The van der Waals surface area contributed by atoms with Gasteiger partial charge in [0.05, 0.1) is 6.29 Å². The molecule has 5 nitrogen and oxygen atoms in total. The first-order valence-electron chi connectivity index (χ1n) is 4.60. The predicted octanol–water partition coefficient (Wildman–Crippen LogP) is -0.330. The average Bonchev–Trinajstić information content (AvgIpc) is 2.09. The number of amides is 1. The van der Waals surface area contributed by atoms with Gasteiger partial charge < -0.3 is 19.7 Å². The van der Waals surface area contributed by atoms with Crippen LogP contribution in [-0.4, -0.2) is 43.9 Å². The van der Waals surface area contributed by atoms with Gasteiger partial charge in [0, 0.05) is 26.9 Å². The second kappa shape index (κ2) is 6.17. The standard InChI is InChI=1S/C8H19N2O3P/c1-4-8(11)10(6-5-9-2)7-14(3,12)13/h9H,4-7H2,1-3H3,(H,12,13)/p-1. The van der Waals surface area contributed by atoms with Gasteiger partial charge in [0.1, 0.15) is 0 Å². The summed E-state index contributed by atoms with van der Waals surface area (Å²) in [5, 5.41) is 2.88. The smallest absolute Gasteiger partial charge is 0.222 e. The molecule has 0 spiro atoms. The van der Waals surface area contributed by atoms with E-state index in [2.05, 4.69) is 5.32 Å². The minimum absolute atomic E-state index is 0.127. The molecule has 0 radical (unpaired) electrons. The summed E-state index contributed by atoms with van der Waals surface area (Å²) in [5.41, 5.74) is 0. The van der Waals surface area contributed by atoms with Crippen molar-refractivity contribution in [2.24, 2.45) is 0 Å². The zero-order valence-electron chi connectivity index (χ0n) is 8.95. The molecule has 0 aliphatic heterocycles. The Bertz CT molecular complexity index is 227. The van der Waals surface area contributed by atoms with Crippen LogP contribution in [0, 0.1) is 0 Å². The van der Waals surface area contributed by atoms with Crippen molar-refractivity contribution in [3.8, 4) is 0 Å². The molecule has 0 bridgehead atoms. The van der Waals surface area contributed by atoms with Crippen LogP contribution in [0.4, 0.5) is 0 Å². The minimum atomic E-state index is -3.40. The predicted molar refractivity (Wildman–Crippen MR) is 54.3 cm³/mol. The molecule has 1 atom stereocenters. The Balaban J connectivity index is 4.25. The van der Waals surface area contributed by atoms with Crippen LogP contribution >= 0.6 is 7.37 Å². The summed E-state index contributed by atoms with van der Waals surface area (Å²) < 4.78 is 11.0. The zero-order chi connectivity index (χ0) is 11.2. The van der Waals surface area contributed by atoms with Gasteiger partial charge in [0.15, 0.2) is 0 Å². The Morgan fingerprint density at radius 2 is 2.14 bits per heavy atom. The molecular weight excluding hydrogens is 203 g/mol. The van der Waals surface area contributed by atoms with E-state index in [9.17, 15) is 14.3 Å². The molecular formula is C8H18N2O3P-. The number of hydrogen-bond donors (Lipinski definition) is 1. The summed E-state index contributed by atoms with van der Waals surface area (Å²) in [4.78, 5) is 23.7. The van der Waals surface area contributed by atoms with E-state index >= 15 is 0 Å². The van der Waals surface area contributed by atoms with Gasteiger partial charge in [0.25, 0.3) is 0 Å². The summed E-state index contributed by atoms with van der Waals surface area (Å²) in [5.74, 6) is -0.127. The molecule has 0 aliphatic carbocycles. The molecule has 1 unspecified atom stereocenters. The highest BCUT2D eigenvalue weighted by molar-refractivity contribution is 7.55. The lowest BCUT2D eigenvalue weighted by molar-refractivity contribution is -0.176. The third-order valence-electron chi connectivity index (χ3n) is 1.71. The third-order valence-corrected chi connectivity index (χ3v) is 2.57. The molecule has 0 aromatic heterocycles. The Labute approximate surface area is 84.9 Å².